The number of nitrogens with zero attached hydrogens (tertiary/aromatic N) is 2. The summed E-state index contributed by atoms with van der Waals surface area (Å²) < 4.78 is 0. The highest BCUT2D eigenvalue weighted by Gasteiger charge is 2.30. The maximum Gasteiger partial charge on any atom is 0.145 e. The molecule has 0 spiro atoms. The summed E-state index contributed by atoms with van der Waals surface area (Å²) in [6, 6.07) is 1.86. The second-order valence-electron chi connectivity index (χ2n) is 4.75. The minimum Gasteiger partial charge on any atom is -0.321 e. The maximum atomic E-state index is 6.31. The molecule has 0 saturated heterocycles. The fourth-order valence-corrected chi connectivity index (χ4v) is 2.89. The average molecular weight is 219 g/mol. The van der Waals surface area contributed by atoms with Crippen LogP contribution in [0, 0.1) is 11.8 Å². The van der Waals surface area contributed by atoms with E-state index in [1.807, 2.05) is 6.07 Å². The normalized spacial score (nSPS) is 27.6. The van der Waals surface area contributed by atoms with Gasteiger partial charge in [-0.25, -0.2) is 9.97 Å². The summed E-state index contributed by atoms with van der Waals surface area (Å²) in [5, 5.41) is 0. The van der Waals surface area contributed by atoms with Crippen LogP contribution in [0.3, 0.4) is 0 Å². The Morgan fingerprint density at radius 3 is 2.69 bits per heavy atom. The zero-order valence-electron chi connectivity index (χ0n) is 9.97. The zero-order valence-corrected chi connectivity index (χ0v) is 9.97. The van der Waals surface area contributed by atoms with Gasteiger partial charge >= 0.3 is 0 Å². The van der Waals surface area contributed by atoms with Crippen molar-refractivity contribution in [1.29, 1.82) is 0 Å². The second kappa shape index (κ2) is 5.39. The summed E-state index contributed by atoms with van der Waals surface area (Å²) in [5.41, 5.74) is 6.31. The Bertz CT molecular complexity index is 312. The van der Waals surface area contributed by atoms with Crippen LogP contribution in [0.1, 0.15) is 50.9 Å². The largest absolute Gasteiger partial charge is 0.321 e. The average Bonchev–Trinajstić information content (AvgIpc) is 2.39. The summed E-state index contributed by atoms with van der Waals surface area (Å²) in [6.07, 6.45) is 10.0. The monoisotopic (exact) mass is 219 g/mol. The number of hydrogen-bond donors (Lipinski definition) is 1. The number of aromatic nitrogens is 2. The molecule has 1 aromatic heterocycles. The lowest BCUT2D eigenvalue weighted by atomic mass is 9.74. The molecule has 3 atom stereocenters. The van der Waals surface area contributed by atoms with E-state index in [0.717, 1.165) is 11.7 Å². The smallest absolute Gasteiger partial charge is 0.145 e. The van der Waals surface area contributed by atoms with Crippen LogP contribution in [0.4, 0.5) is 0 Å². The summed E-state index contributed by atoms with van der Waals surface area (Å²) in [5.74, 6) is 2.14. The molecule has 16 heavy (non-hydrogen) atoms. The molecule has 1 saturated carbocycles. The lowest BCUT2D eigenvalue weighted by molar-refractivity contribution is 0.192. The van der Waals surface area contributed by atoms with Crippen molar-refractivity contribution in [3.05, 3.63) is 24.3 Å². The topological polar surface area (TPSA) is 51.8 Å². The molecule has 3 nitrogen and oxygen atoms in total. The van der Waals surface area contributed by atoms with E-state index < -0.39 is 0 Å². The van der Waals surface area contributed by atoms with Crippen LogP contribution in [-0.4, -0.2) is 9.97 Å². The van der Waals surface area contributed by atoms with Crippen LogP contribution < -0.4 is 5.73 Å². The van der Waals surface area contributed by atoms with Gasteiger partial charge in [-0.15, -0.1) is 0 Å². The van der Waals surface area contributed by atoms with Gasteiger partial charge in [-0.05, 0) is 24.3 Å². The van der Waals surface area contributed by atoms with Gasteiger partial charge in [0.25, 0.3) is 0 Å². The van der Waals surface area contributed by atoms with Crippen LogP contribution in [-0.2, 0) is 0 Å². The van der Waals surface area contributed by atoms with Crippen LogP contribution in [0.15, 0.2) is 18.5 Å². The Morgan fingerprint density at radius 2 is 2.00 bits per heavy atom. The molecule has 1 aliphatic carbocycles. The van der Waals surface area contributed by atoms with Crippen molar-refractivity contribution in [2.75, 3.05) is 0 Å². The summed E-state index contributed by atoms with van der Waals surface area (Å²) in [6.45, 7) is 2.27. The van der Waals surface area contributed by atoms with E-state index in [9.17, 15) is 0 Å². The lowest BCUT2D eigenvalue weighted by Gasteiger charge is -2.34. The molecule has 3 unspecified atom stereocenters. The summed E-state index contributed by atoms with van der Waals surface area (Å²) >= 11 is 0. The van der Waals surface area contributed by atoms with Gasteiger partial charge in [0.05, 0.1) is 6.04 Å². The molecule has 0 bridgehead atoms. The van der Waals surface area contributed by atoms with Gasteiger partial charge in [0.2, 0.25) is 0 Å². The Morgan fingerprint density at radius 1 is 1.31 bits per heavy atom. The quantitative estimate of drug-likeness (QED) is 0.850. The Hall–Kier alpha value is -0.960. The van der Waals surface area contributed by atoms with Crippen molar-refractivity contribution in [3.8, 4) is 0 Å². The first-order valence-corrected chi connectivity index (χ1v) is 6.35. The standard InChI is InChI=1S/C13H21N3/c1-2-10-6-3-4-7-11(10)12(14)13-15-8-5-9-16-13/h5,8-12H,2-4,6-7,14H2,1H3. The van der Waals surface area contributed by atoms with Gasteiger partial charge < -0.3 is 5.73 Å². The minimum atomic E-state index is 0.0199. The molecule has 0 amide bonds. The fourth-order valence-electron chi connectivity index (χ4n) is 2.89. The molecule has 1 fully saturated rings. The van der Waals surface area contributed by atoms with E-state index in [1.54, 1.807) is 12.4 Å². The predicted molar refractivity (Wildman–Crippen MR) is 64.7 cm³/mol. The van der Waals surface area contributed by atoms with E-state index in [-0.39, 0.29) is 6.04 Å². The van der Waals surface area contributed by atoms with Crippen molar-refractivity contribution in [1.82, 2.24) is 9.97 Å². The minimum absolute atomic E-state index is 0.0199. The predicted octanol–water partition coefficient (Wildman–Crippen LogP) is 2.69. The van der Waals surface area contributed by atoms with Crippen LogP contribution in [0.2, 0.25) is 0 Å². The third-order valence-corrected chi connectivity index (χ3v) is 3.84. The third-order valence-electron chi connectivity index (χ3n) is 3.84. The first-order valence-electron chi connectivity index (χ1n) is 6.35. The third kappa shape index (κ3) is 2.40. The Kier molecular flexibility index (Phi) is 3.88. The van der Waals surface area contributed by atoms with Crippen molar-refractivity contribution in [3.63, 3.8) is 0 Å². The van der Waals surface area contributed by atoms with E-state index in [2.05, 4.69) is 16.9 Å². The summed E-state index contributed by atoms with van der Waals surface area (Å²) in [4.78, 5) is 8.57. The highest BCUT2D eigenvalue weighted by Crippen LogP contribution is 2.38. The molecule has 0 radical (unpaired) electrons. The lowest BCUT2D eigenvalue weighted by Crippen LogP contribution is -2.31. The van der Waals surface area contributed by atoms with E-state index in [0.29, 0.717) is 5.92 Å². The molecular formula is C13H21N3. The van der Waals surface area contributed by atoms with Crippen molar-refractivity contribution in [2.24, 2.45) is 17.6 Å². The maximum absolute atomic E-state index is 6.31. The van der Waals surface area contributed by atoms with E-state index in [4.69, 9.17) is 5.73 Å². The zero-order chi connectivity index (χ0) is 11.4. The Balaban J connectivity index is 2.10. The van der Waals surface area contributed by atoms with Crippen molar-refractivity contribution >= 4 is 0 Å². The van der Waals surface area contributed by atoms with Gasteiger partial charge in [0.15, 0.2) is 0 Å². The summed E-state index contributed by atoms with van der Waals surface area (Å²) in [7, 11) is 0. The highest BCUT2D eigenvalue weighted by molar-refractivity contribution is 4.99. The number of hydrogen-bond acceptors (Lipinski definition) is 3. The first kappa shape index (κ1) is 11.5. The highest BCUT2D eigenvalue weighted by atomic mass is 14.9. The van der Waals surface area contributed by atoms with Gasteiger partial charge in [-0.2, -0.15) is 0 Å². The SMILES string of the molecule is CCC1CCCCC1C(N)c1ncccn1. The van der Waals surface area contributed by atoms with E-state index >= 15 is 0 Å². The molecule has 0 aromatic carbocycles. The van der Waals surface area contributed by atoms with Gasteiger partial charge in [0.1, 0.15) is 5.82 Å². The number of rotatable bonds is 3. The number of nitrogens with two attached hydrogens (primary N) is 1. The molecule has 2 N–H and O–H groups in total. The molecular weight excluding hydrogens is 198 g/mol. The van der Waals surface area contributed by atoms with Crippen LogP contribution >= 0.6 is 0 Å². The molecule has 1 aliphatic rings. The molecule has 3 heteroatoms. The molecule has 1 aromatic rings. The van der Waals surface area contributed by atoms with Crippen LogP contribution in [0.25, 0.3) is 0 Å². The van der Waals surface area contributed by atoms with Gasteiger partial charge in [0, 0.05) is 12.4 Å². The van der Waals surface area contributed by atoms with Gasteiger partial charge in [-0.1, -0.05) is 32.6 Å². The van der Waals surface area contributed by atoms with Crippen molar-refractivity contribution < 1.29 is 0 Å². The second-order valence-corrected chi connectivity index (χ2v) is 4.75. The van der Waals surface area contributed by atoms with Crippen molar-refractivity contribution in [2.45, 2.75) is 45.1 Å². The molecule has 1 heterocycles. The first-order chi connectivity index (χ1) is 7.83. The molecule has 0 aliphatic heterocycles. The van der Waals surface area contributed by atoms with Crippen LogP contribution in [0.5, 0.6) is 0 Å². The molecule has 88 valence electrons. The Labute approximate surface area is 97.5 Å². The molecule has 2 rings (SSSR count). The van der Waals surface area contributed by atoms with E-state index in [1.165, 1.54) is 32.1 Å². The fraction of sp³-hybridized carbons (Fsp3) is 0.692. The van der Waals surface area contributed by atoms with Gasteiger partial charge in [-0.3, -0.25) is 0 Å².